The maximum Gasteiger partial charge on any atom is 0.179 e. The molecule has 1 saturated carbocycles. The molecule has 0 spiro atoms. The highest BCUT2D eigenvalue weighted by molar-refractivity contribution is 6.10. The van der Waals surface area contributed by atoms with E-state index in [1.807, 2.05) is 13.8 Å². The minimum atomic E-state index is -0.360. The molecule has 1 aromatic carbocycles. The standard InChI is InChI=1S/C24H31NO.C2H6/c1-16(2)17-9-10-18-19(14-23(3,4)21(18)13-17)20(15-25)22(26)24(5)11-7-6-8-12-24;1-2/h9-10,13,16H,6-8,11-12,14H2,1-5H3;1-2H3/b20-19+;. The van der Waals surface area contributed by atoms with Gasteiger partial charge < -0.3 is 0 Å². The van der Waals surface area contributed by atoms with Gasteiger partial charge in [0.2, 0.25) is 0 Å². The quantitative estimate of drug-likeness (QED) is 0.407. The van der Waals surface area contributed by atoms with Gasteiger partial charge in [-0.05, 0) is 52.9 Å². The number of carbonyl (C=O) groups is 1. The minimum absolute atomic E-state index is 0.0363. The average molecular weight is 380 g/mol. The van der Waals surface area contributed by atoms with Gasteiger partial charge in [0.05, 0.1) is 5.57 Å². The Morgan fingerprint density at radius 1 is 1.07 bits per heavy atom. The summed E-state index contributed by atoms with van der Waals surface area (Å²) in [5.74, 6) is 0.550. The molecule has 3 rings (SSSR count). The number of hydrogen-bond donors (Lipinski definition) is 0. The van der Waals surface area contributed by atoms with E-state index in [9.17, 15) is 10.1 Å². The largest absolute Gasteiger partial charge is 0.293 e. The number of rotatable bonds is 3. The monoisotopic (exact) mass is 379 g/mol. The van der Waals surface area contributed by atoms with Crippen LogP contribution in [0.3, 0.4) is 0 Å². The lowest BCUT2D eigenvalue weighted by Crippen LogP contribution is -2.31. The SMILES string of the molecule is CC.CC(C)c1ccc2c(c1)C(C)(C)C/C2=C(/C#N)C(=O)C1(C)CCCCC1. The van der Waals surface area contributed by atoms with Crippen molar-refractivity contribution < 1.29 is 4.79 Å². The molecule has 0 amide bonds. The van der Waals surface area contributed by atoms with Crippen LogP contribution in [0.2, 0.25) is 0 Å². The van der Waals surface area contributed by atoms with Crippen molar-refractivity contribution >= 4 is 11.4 Å². The molecule has 1 fully saturated rings. The number of hydrogen-bond acceptors (Lipinski definition) is 2. The first kappa shape index (κ1) is 22.4. The summed E-state index contributed by atoms with van der Waals surface area (Å²) in [5, 5.41) is 9.91. The van der Waals surface area contributed by atoms with E-state index in [0.717, 1.165) is 43.2 Å². The molecule has 0 saturated heterocycles. The highest BCUT2D eigenvalue weighted by atomic mass is 16.1. The highest BCUT2D eigenvalue weighted by Crippen LogP contribution is 2.49. The number of Topliss-reactive ketones (excluding diaryl/α,β-unsaturated/α-hetero) is 1. The summed E-state index contributed by atoms with van der Waals surface area (Å²) >= 11 is 0. The summed E-state index contributed by atoms with van der Waals surface area (Å²) in [5.41, 5.74) is 4.71. The molecule has 2 nitrogen and oxygen atoms in total. The molecule has 1 aromatic rings. The van der Waals surface area contributed by atoms with Gasteiger partial charge in [-0.3, -0.25) is 4.79 Å². The molecular weight excluding hydrogens is 342 g/mol. The highest BCUT2D eigenvalue weighted by Gasteiger charge is 2.41. The van der Waals surface area contributed by atoms with Crippen LogP contribution in [0.25, 0.3) is 5.57 Å². The van der Waals surface area contributed by atoms with Crippen LogP contribution in [0.15, 0.2) is 23.8 Å². The number of benzene rings is 1. The number of allylic oxidation sites excluding steroid dienone is 2. The molecule has 0 N–H and O–H groups in total. The Balaban J connectivity index is 0.00000136. The average Bonchev–Trinajstić information content (AvgIpc) is 2.95. The van der Waals surface area contributed by atoms with E-state index in [-0.39, 0.29) is 16.6 Å². The third kappa shape index (κ3) is 4.09. The number of fused-ring (bicyclic) bond motifs is 1. The second kappa shape index (κ2) is 8.64. The van der Waals surface area contributed by atoms with Crippen molar-refractivity contribution in [1.29, 1.82) is 5.26 Å². The van der Waals surface area contributed by atoms with E-state index in [1.54, 1.807) is 0 Å². The fourth-order valence-corrected chi connectivity index (χ4v) is 4.72. The van der Waals surface area contributed by atoms with Gasteiger partial charge in [-0.2, -0.15) is 5.26 Å². The second-order valence-electron chi connectivity index (χ2n) is 9.44. The van der Waals surface area contributed by atoms with Crippen molar-refractivity contribution in [2.24, 2.45) is 5.41 Å². The zero-order valence-electron chi connectivity index (χ0n) is 18.9. The van der Waals surface area contributed by atoms with Gasteiger partial charge in [0.1, 0.15) is 6.07 Å². The van der Waals surface area contributed by atoms with E-state index >= 15 is 0 Å². The maximum atomic E-state index is 13.4. The van der Waals surface area contributed by atoms with Crippen LogP contribution in [0, 0.1) is 16.7 Å². The van der Waals surface area contributed by atoms with Crippen molar-refractivity contribution in [2.75, 3.05) is 0 Å². The molecule has 152 valence electrons. The van der Waals surface area contributed by atoms with Gasteiger partial charge in [-0.15, -0.1) is 0 Å². The second-order valence-corrected chi connectivity index (χ2v) is 9.44. The summed E-state index contributed by atoms with van der Waals surface area (Å²) in [7, 11) is 0. The number of carbonyl (C=O) groups excluding carboxylic acids is 1. The first-order valence-electron chi connectivity index (χ1n) is 11.0. The lowest BCUT2D eigenvalue weighted by atomic mass is 9.70. The number of nitrogens with zero attached hydrogens (tertiary/aromatic N) is 1. The molecule has 2 aliphatic rings. The van der Waals surface area contributed by atoms with E-state index in [2.05, 4.69) is 58.9 Å². The van der Waals surface area contributed by atoms with Crippen LogP contribution in [-0.4, -0.2) is 5.78 Å². The zero-order chi connectivity index (χ0) is 21.1. The summed E-state index contributed by atoms with van der Waals surface area (Å²) in [6.07, 6.45) is 5.98. The lowest BCUT2D eigenvalue weighted by molar-refractivity contribution is -0.125. The van der Waals surface area contributed by atoms with E-state index in [1.165, 1.54) is 17.5 Å². The molecule has 28 heavy (non-hydrogen) atoms. The molecule has 0 radical (unpaired) electrons. The van der Waals surface area contributed by atoms with Crippen molar-refractivity contribution in [3.63, 3.8) is 0 Å². The summed E-state index contributed by atoms with van der Waals surface area (Å²) in [4.78, 5) is 13.4. The Kier molecular flexibility index (Phi) is 6.92. The Morgan fingerprint density at radius 2 is 1.68 bits per heavy atom. The molecule has 0 bridgehead atoms. The van der Waals surface area contributed by atoms with Crippen molar-refractivity contribution in [1.82, 2.24) is 0 Å². The molecule has 0 atom stereocenters. The normalized spacial score (nSPS) is 21.2. The Hall–Kier alpha value is -1.88. The van der Waals surface area contributed by atoms with Crippen molar-refractivity contribution in [2.45, 2.75) is 98.3 Å². The van der Waals surface area contributed by atoms with Crippen LogP contribution in [-0.2, 0) is 10.2 Å². The van der Waals surface area contributed by atoms with Crippen molar-refractivity contribution in [3.05, 3.63) is 40.5 Å². The third-order valence-corrected chi connectivity index (χ3v) is 6.53. The van der Waals surface area contributed by atoms with Crippen LogP contribution >= 0.6 is 0 Å². The predicted molar refractivity (Wildman–Crippen MR) is 118 cm³/mol. The summed E-state index contributed by atoms with van der Waals surface area (Å²) < 4.78 is 0. The maximum absolute atomic E-state index is 13.4. The molecule has 2 aliphatic carbocycles. The van der Waals surface area contributed by atoms with Gasteiger partial charge in [0, 0.05) is 5.41 Å². The third-order valence-electron chi connectivity index (χ3n) is 6.53. The predicted octanol–water partition coefficient (Wildman–Crippen LogP) is 7.33. The van der Waals surface area contributed by atoms with Gasteiger partial charge in [0.25, 0.3) is 0 Å². The summed E-state index contributed by atoms with van der Waals surface area (Å²) in [6.45, 7) is 14.9. The summed E-state index contributed by atoms with van der Waals surface area (Å²) in [6, 6.07) is 8.90. The molecule has 0 aliphatic heterocycles. The van der Waals surface area contributed by atoms with Crippen LogP contribution in [0.4, 0.5) is 0 Å². The van der Waals surface area contributed by atoms with Gasteiger partial charge >= 0.3 is 0 Å². The Morgan fingerprint density at radius 3 is 2.21 bits per heavy atom. The van der Waals surface area contributed by atoms with Crippen LogP contribution < -0.4 is 0 Å². The number of ketones is 1. The van der Waals surface area contributed by atoms with Crippen LogP contribution in [0.1, 0.15) is 110 Å². The zero-order valence-corrected chi connectivity index (χ0v) is 18.9. The molecular formula is C26H37NO. The number of nitriles is 1. The molecule has 0 unspecified atom stereocenters. The Bertz CT molecular complexity index is 798. The van der Waals surface area contributed by atoms with E-state index < -0.39 is 0 Å². The lowest BCUT2D eigenvalue weighted by Gasteiger charge is -2.32. The first-order valence-corrected chi connectivity index (χ1v) is 11.0. The van der Waals surface area contributed by atoms with Gasteiger partial charge in [-0.1, -0.05) is 85.9 Å². The Labute approximate surface area is 172 Å². The fraction of sp³-hybridized carbons (Fsp3) is 0.615. The molecule has 2 heteroatoms. The van der Waals surface area contributed by atoms with Crippen LogP contribution in [0.5, 0.6) is 0 Å². The van der Waals surface area contributed by atoms with E-state index in [4.69, 9.17) is 0 Å². The fourth-order valence-electron chi connectivity index (χ4n) is 4.72. The van der Waals surface area contributed by atoms with Gasteiger partial charge in [-0.25, -0.2) is 0 Å². The van der Waals surface area contributed by atoms with Crippen molar-refractivity contribution in [3.8, 4) is 6.07 Å². The molecule has 0 heterocycles. The first-order chi connectivity index (χ1) is 13.2. The smallest absolute Gasteiger partial charge is 0.179 e. The van der Waals surface area contributed by atoms with Gasteiger partial charge in [0.15, 0.2) is 5.78 Å². The topological polar surface area (TPSA) is 40.9 Å². The van der Waals surface area contributed by atoms with E-state index in [0.29, 0.717) is 11.5 Å². The molecule has 0 aromatic heterocycles. The minimum Gasteiger partial charge on any atom is -0.293 e.